The summed E-state index contributed by atoms with van der Waals surface area (Å²) in [4.78, 5) is 8.51. The molecule has 1 saturated heterocycles. The third-order valence-corrected chi connectivity index (χ3v) is 4.85. The highest BCUT2D eigenvalue weighted by Crippen LogP contribution is 2.36. The Bertz CT molecular complexity index is 484. The summed E-state index contributed by atoms with van der Waals surface area (Å²) in [5.74, 6) is 0.677. The van der Waals surface area contributed by atoms with Crippen LogP contribution in [0.15, 0.2) is 12.4 Å². The molecule has 0 amide bonds. The molecule has 1 saturated carbocycles. The fourth-order valence-corrected chi connectivity index (χ4v) is 2.35. The van der Waals surface area contributed by atoms with E-state index in [1.807, 2.05) is 27.7 Å². The highest BCUT2D eigenvalue weighted by atomic mass is 16.7. The molecular weight excluding hydrogens is 267 g/mol. The lowest BCUT2D eigenvalue weighted by Gasteiger charge is -2.32. The minimum Gasteiger partial charge on any atom is -0.463 e. The van der Waals surface area contributed by atoms with Gasteiger partial charge in [0.2, 0.25) is 0 Å². The zero-order chi connectivity index (χ0) is 15.1. The lowest BCUT2D eigenvalue weighted by Crippen LogP contribution is -2.41. The molecule has 0 N–H and O–H groups in total. The number of nitrogens with zero attached hydrogens (tertiary/aromatic N) is 2. The van der Waals surface area contributed by atoms with Crippen molar-refractivity contribution in [2.45, 2.75) is 58.2 Å². The SMILES string of the molecule is CC1(C)OB(c2cnc(OCC3CCC3)nc2)OC1(C)C. The van der Waals surface area contributed by atoms with E-state index in [0.717, 1.165) is 12.1 Å². The van der Waals surface area contributed by atoms with Crippen molar-refractivity contribution < 1.29 is 14.0 Å². The highest BCUT2D eigenvalue weighted by molar-refractivity contribution is 6.61. The van der Waals surface area contributed by atoms with Crippen LogP contribution in [0.1, 0.15) is 47.0 Å². The van der Waals surface area contributed by atoms with Crippen molar-refractivity contribution in [2.75, 3.05) is 6.61 Å². The van der Waals surface area contributed by atoms with Crippen LogP contribution in [0.2, 0.25) is 0 Å². The Morgan fingerprint density at radius 2 is 1.71 bits per heavy atom. The van der Waals surface area contributed by atoms with E-state index in [1.165, 1.54) is 19.3 Å². The molecule has 21 heavy (non-hydrogen) atoms. The van der Waals surface area contributed by atoms with Crippen molar-refractivity contribution in [1.29, 1.82) is 0 Å². The molecule has 2 heterocycles. The lowest BCUT2D eigenvalue weighted by atomic mass is 9.81. The van der Waals surface area contributed by atoms with E-state index in [9.17, 15) is 0 Å². The Labute approximate surface area is 126 Å². The normalized spacial score (nSPS) is 23.9. The van der Waals surface area contributed by atoms with Crippen molar-refractivity contribution in [2.24, 2.45) is 5.92 Å². The smallest absolute Gasteiger partial charge is 0.463 e. The molecule has 3 rings (SSSR count). The van der Waals surface area contributed by atoms with Gasteiger partial charge in [-0.15, -0.1) is 0 Å². The summed E-state index contributed by atoms with van der Waals surface area (Å²) >= 11 is 0. The minimum atomic E-state index is -0.421. The van der Waals surface area contributed by atoms with Crippen LogP contribution in [0.4, 0.5) is 0 Å². The van der Waals surface area contributed by atoms with Crippen molar-refractivity contribution in [1.82, 2.24) is 9.97 Å². The number of ether oxygens (including phenoxy) is 1. The summed E-state index contributed by atoms with van der Waals surface area (Å²) in [6, 6.07) is 0.433. The second kappa shape index (κ2) is 5.25. The first-order valence-electron chi connectivity index (χ1n) is 7.68. The molecule has 2 fully saturated rings. The predicted molar refractivity (Wildman–Crippen MR) is 80.6 cm³/mol. The lowest BCUT2D eigenvalue weighted by molar-refractivity contribution is 0.00578. The van der Waals surface area contributed by atoms with Crippen molar-refractivity contribution in [3.63, 3.8) is 0 Å². The average Bonchev–Trinajstić information content (AvgIpc) is 2.57. The first-order chi connectivity index (χ1) is 9.87. The Kier molecular flexibility index (Phi) is 3.70. The van der Waals surface area contributed by atoms with Crippen LogP contribution in [0.5, 0.6) is 6.01 Å². The maximum Gasteiger partial charge on any atom is 0.498 e. The summed E-state index contributed by atoms with van der Waals surface area (Å²) in [7, 11) is -0.421. The highest BCUT2D eigenvalue weighted by Gasteiger charge is 2.51. The van der Waals surface area contributed by atoms with Crippen LogP contribution in [0.25, 0.3) is 0 Å². The third-order valence-electron chi connectivity index (χ3n) is 4.85. The summed E-state index contributed by atoms with van der Waals surface area (Å²) in [6.45, 7) is 8.84. The van der Waals surface area contributed by atoms with Gasteiger partial charge in [0.1, 0.15) is 0 Å². The predicted octanol–water partition coefficient (Wildman–Crippen LogP) is 1.95. The molecular formula is C15H23BN2O3. The molecule has 114 valence electrons. The number of aromatic nitrogens is 2. The molecule has 1 aliphatic carbocycles. The summed E-state index contributed by atoms with van der Waals surface area (Å²) in [5.41, 5.74) is 0.123. The maximum absolute atomic E-state index is 5.97. The van der Waals surface area contributed by atoms with Crippen LogP contribution >= 0.6 is 0 Å². The van der Waals surface area contributed by atoms with Crippen molar-refractivity contribution >= 4 is 12.6 Å². The second-order valence-electron chi connectivity index (χ2n) is 7.00. The average molecular weight is 290 g/mol. The van der Waals surface area contributed by atoms with E-state index in [0.29, 0.717) is 11.9 Å². The maximum atomic E-state index is 5.97. The summed E-state index contributed by atoms with van der Waals surface area (Å²) in [6.07, 6.45) is 7.28. The quantitative estimate of drug-likeness (QED) is 0.793. The molecule has 0 radical (unpaired) electrons. The molecule has 1 aromatic rings. The van der Waals surface area contributed by atoms with Crippen molar-refractivity contribution in [3.8, 4) is 6.01 Å². The van der Waals surface area contributed by atoms with Gasteiger partial charge >= 0.3 is 13.1 Å². The third kappa shape index (κ3) is 2.92. The Morgan fingerprint density at radius 1 is 1.14 bits per heavy atom. The first kappa shape index (κ1) is 14.8. The summed E-state index contributed by atoms with van der Waals surface area (Å²) < 4.78 is 17.5. The molecule has 0 bridgehead atoms. The van der Waals surface area contributed by atoms with E-state index in [4.69, 9.17) is 14.0 Å². The van der Waals surface area contributed by atoms with Crippen LogP contribution in [-0.2, 0) is 9.31 Å². The van der Waals surface area contributed by atoms with Gasteiger partial charge < -0.3 is 14.0 Å². The van der Waals surface area contributed by atoms with Crippen LogP contribution in [-0.4, -0.2) is 34.9 Å². The summed E-state index contributed by atoms with van der Waals surface area (Å²) in [5, 5.41) is 0. The molecule has 0 spiro atoms. The zero-order valence-electron chi connectivity index (χ0n) is 13.3. The Balaban J connectivity index is 1.62. The zero-order valence-corrected chi connectivity index (χ0v) is 13.3. The fraction of sp³-hybridized carbons (Fsp3) is 0.733. The van der Waals surface area contributed by atoms with Gasteiger partial charge in [0.15, 0.2) is 0 Å². The molecule has 1 aromatic heterocycles. The molecule has 0 atom stereocenters. The van der Waals surface area contributed by atoms with E-state index < -0.39 is 7.12 Å². The molecule has 6 heteroatoms. The van der Waals surface area contributed by atoms with E-state index in [-0.39, 0.29) is 11.2 Å². The second-order valence-corrected chi connectivity index (χ2v) is 7.00. The van der Waals surface area contributed by atoms with E-state index in [1.54, 1.807) is 12.4 Å². The van der Waals surface area contributed by atoms with Gasteiger partial charge in [-0.3, -0.25) is 0 Å². The minimum absolute atomic E-state index is 0.350. The van der Waals surface area contributed by atoms with Gasteiger partial charge in [-0.05, 0) is 46.5 Å². The topological polar surface area (TPSA) is 53.5 Å². The number of rotatable bonds is 4. The number of hydrogen-bond acceptors (Lipinski definition) is 5. The van der Waals surface area contributed by atoms with Gasteiger partial charge in [-0.1, -0.05) is 6.42 Å². The molecule has 5 nitrogen and oxygen atoms in total. The van der Waals surface area contributed by atoms with Gasteiger partial charge in [0, 0.05) is 17.9 Å². The van der Waals surface area contributed by atoms with Crippen molar-refractivity contribution in [3.05, 3.63) is 12.4 Å². The van der Waals surface area contributed by atoms with Gasteiger partial charge in [-0.25, -0.2) is 9.97 Å². The standard InChI is InChI=1S/C15H23BN2O3/c1-14(2)15(3,4)21-16(20-14)12-8-17-13(18-9-12)19-10-11-6-5-7-11/h8-9,11H,5-7,10H2,1-4H3. The van der Waals surface area contributed by atoms with Gasteiger partial charge in [0.05, 0.1) is 17.8 Å². The van der Waals surface area contributed by atoms with Crippen LogP contribution < -0.4 is 10.2 Å². The van der Waals surface area contributed by atoms with Gasteiger partial charge in [-0.2, -0.15) is 0 Å². The fourth-order valence-electron chi connectivity index (χ4n) is 2.35. The Morgan fingerprint density at radius 3 is 2.19 bits per heavy atom. The Hall–Kier alpha value is -1.14. The molecule has 2 aliphatic rings. The molecule has 0 aromatic carbocycles. The first-order valence-corrected chi connectivity index (χ1v) is 7.68. The van der Waals surface area contributed by atoms with E-state index >= 15 is 0 Å². The van der Waals surface area contributed by atoms with Crippen LogP contribution in [0, 0.1) is 5.92 Å². The van der Waals surface area contributed by atoms with E-state index in [2.05, 4.69) is 9.97 Å². The monoisotopic (exact) mass is 290 g/mol. The number of hydrogen-bond donors (Lipinski definition) is 0. The van der Waals surface area contributed by atoms with Gasteiger partial charge in [0.25, 0.3) is 0 Å². The largest absolute Gasteiger partial charge is 0.498 e. The molecule has 0 unspecified atom stereocenters. The van der Waals surface area contributed by atoms with Crippen LogP contribution in [0.3, 0.4) is 0 Å². The molecule has 1 aliphatic heterocycles.